The minimum atomic E-state index is -4.87. The van der Waals surface area contributed by atoms with Gasteiger partial charge in [-0.1, -0.05) is 42.5 Å². The first-order valence-electron chi connectivity index (χ1n) is 11.2. The Morgan fingerprint density at radius 1 is 0.943 bits per heavy atom. The lowest BCUT2D eigenvalue weighted by Crippen LogP contribution is -2.23. The molecule has 1 atom stereocenters. The molecule has 0 N–H and O–H groups in total. The van der Waals surface area contributed by atoms with Crippen molar-refractivity contribution in [1.82, 2.24) is 4.90 Å². The Labute approximate surface area is 203 Å². The van der Waals surface area contributed by atoms with Gasteiger partial charge in [-0.05, 0) is 65.9 Å². The van der Waals surface area contributed by atoms with Crippen LogP contribution in [0.5, 0.6) is 11.5 Å². The Morgan fingerprint density at radius 3 is 2.23 bits per heavy atom. The fourth-order valence-electron chi connectivity index (χ4n) is 4.31. The largest absolute Gasteiger partial charge is 0.573 e. The second-order valence-electron chi connectivity index (χ2n) is 8.62. The van der Waals surface area contributed by atoms with Gasteiger partial charge >= 0.3 is 6.36 Å². The molecule has 0 unspecified atom stereocenters. The Hall–Kier alpha value is -3.04. The number of alkyl halides is 3. The molecule has 0 spiro atoms. The summed E-state index contributed by atoms with van der Waals surface area (Å²) in [7, 11) is -2.11. The standard InChI is InChI=1S/C26H26F3NO4S/c1-33-23-11-9-22(10-12-23)21-7-5-19(6-8-21)16-30-14-13-20(17-30)18-35(31,32)25-4-2-3-24(15-25)34-26(27,28)29/h2-12,15,20H,13-14,16-18H2,1H3/t20-/m1/s1. The zero-order valence-electron chi connectivity index (χ0n) is 19.2. The lowest BCUT2D eigenvalue weighted by molar-refractivity contribution is -0.274. The Morgan fingerprint density at radius 2 is 1.60 bits per heavy atom. The highest BCUT2D eigenvalue weighted by Gasteiger charge is 2.32. The van der Waals surface area contributed by atoms with Crippen LogP contribution in [-0.2, 0) is 16.4 Å². The molecule has 1 aliphatic rings. The third-order valence-corrected chi connectivity index (χ3v) is 7.89. The smallest absolute Gasteiger partial charge is 0.497 e. The molecule has 1 saturated heterocycles. The maximum Gasteiger partial charge on any atom is 0.573 e. The van der Waals surface area contributed by atoms with Crippen LogP contribution in [0.1, 0.15) is 12.0 Å². The van der Waals surface area contributed by atoms with Crippen molar-refractivity contribution in [1.29, 1.82) is 0 Å². The second kappa shape index (κ2) is 10.3. The number of sulfone groups is 1. The summed E-state index contributed by atoms with van der Waals surface area (Å²) < 4.78 is 72.1. The van der Waals surface area contributed by atoms with Crippen LogP contribution in [0.25, 0.3) is 11.1 Å². The number of hydrogen-bond donors (Lipinski definition) is 0. The summed E-state index contributed by atoms with van der Waals surface area (Å²) in [6, 6.07) is 20.7. The first-order chi connectivity index (χ1) is 16.6. The van der Waals surface area contributed by atoms with Crippen LogP contribution in [0.4, 0.5) is 13.2 Å². The van der Waals surface area contributed by atoms with E-state index in [0.29, 0.717) is 19.5 Å². The quantitative estimate of drug-likeness (QED) is 0.402. The topological polar surface area (TPSA) is 55.8 Å². The number of likely N-dealkylation sites (tertiary alicyclic amines) is 1. The van der Waals surface area contributed by atoms with E-state index in [1.165, 1.54) is 12.1 Å². The van der Waals surface area contributed by atoms with Gasteiger partial charge in [0, 0.05) is 13.1 Å². The van der Waals surface area contributed by atoms with Crippen LogP contribution >= 0.6 is 0 Å². The van der Waals surface area contributed by atoms with E-state index in [-0.39, 0.29) is 16.6 Å². The highest BCUT2D eigenvalue weighted by molar-refractivity contribution is 7.91. The lowest BCUT2D eigenvalue weighted by atomic mass is 10.0. The van der Waals surface area contributed by atoms with E-state index < -0.39 is 21.9 Å². The molecule has 0 radical (unpaired) electrons. The number of nitrogens with zero attached hydrogens (tertiary/aromatic N) is 1. The molecular formula is C26H26F3NO4S. The van der Waals surface area contributed by atoms with Crippen molar-refractivity contribution in [2.24, 2.45) is 5.92 Å². The van der Waals surface area contributed by atoms with Crippen molar-refractivity contribution in [3.63, 3.8) is 0 Å². The van der Waals surface area contributed by atoms with Crippen LogP contribution in [0, 0.1) is 5.92 Å². The number of rotatable bonds is 8. The molecule has 0 amide bonds. The van der Waals surface area contributed by atoms with Gasteiger partial charge in [0.2, 0.25) is 0 Å². The summed E-state index contributed by atoms with van der Waals surface area (Å²) in [4.78, 5) is 2.04. The van der Waals surface area contributed by atoms with E-state index in [1.807, 2.05) is 24.3 Å². The van der Waals surface area contributed by atoms with Gasteiger partial charge in [0.1, 0.15) is 11.5 Å². The summed E-state index contributed by atoms with van der Waals surface area (Å²) in [5, 5.41) is 0. The van der Waals surface area contributed by atoms with Gasteiger partial charge in [0.05, 0.1) is 17.8 Å². The molecule has 0 aromatic heterocycles. The average Bonchev–Trinajstić information content (AvgIpc) is 3.24. The summed E-state index contributed by atoms with van der Waals surface area (Å²) in [6.45, 7) is 2.07. The molecule has 0 saturated carbocycles. The summed E-state index contributed by atoms with van der Waals surface area (Å²) in [6.07, 6.45) is -4.16. The first-order valence-corrected chi connectivity index (χ1v) is 12.8. The van der Waals surface area contributed by atoms with Gasteiger partial charge in [-0.2, -0.15) is 0 Å². The SMILES string of the molecule is COc1ccc(-c2ccc(CN3CC[C@@H](CS(=O)(=O)c4cccc(OC(F)(F)F)c4)C3)cc2)cc1. The monoisotopic (exact) mass is 505 g/mol. The molecule has 3 aromatic carbocycles. The van der Waals surface area contributed by atoms with E-state index in [0.717, 1.165) is 41.1 Å². The van der Waals surface area contributed by atoms with E-state index in [4.69, 9.17) is 4.74 Å². The van der Waals surface area contributed by atoms with Crippen LogP contribution in [0.2, 0.25) is 0 Å². The fourth-order valence-corrected chi connectivity index (χ4v) is 5.97. The van der Waals surface area contributed by atoms with Gasteiger partial charge in [-0.3, -0.25) is 4.90 Å². The third kappa shape index (κ3) is 6.76. The molecule has 1 aliphatic heterocycles. The highest BCUT2D eigenvalue weighted by Crippen LogP contribution is 2.28. The van der Waals surface area contributed by atoms with Crippen molar-refractivity contribution < 1.29 is 31.1 Å². The van der Waals surface area contributed by atoms with Crippen LogP contribution in [-0.4, -0.2) is 45.6 Å². The van der Waals surface area contributed by atoms with E-state index >= 15 is 0 Å². The van der Waals surface area contributed by atoms with Gasteiger partial charge < -0.3 is 9.47 Å². The normalized spacial score (nSPS) is 16.9. The van der Waals surface area contributed by atoms with Crippen LogP contribution in [0.15, 0.2) is 77.7 Å². The molecule has 4 rings (SSSR count). The minimum absolute atomic E-state index is 0.0919. The van der Waals surface area contributed by atoms with Gasteiger partial charge in [-0.15, -0.1) is 13.2 Å². The Bertz CT molecular complexity index is 1240. The third-order valence-electron chi connectivity index (χ3n) is 6.01. The fraction of sp³-hybridized carbons (Fsp3) is 0.308. The maximum absolute atomic E-state index is 12.8. The maximum atomic E-state index is 12.8. The number of halogens is 3. The summed E-state index contributed by atoms with van der Waals surface area (Å²) >= 11 is 0. The molecule has 35 heavy (non-hydrogen) atoms. The Kier molecular flexibility index (Phi) is 7.37. The molecule has 186 valence electrons. The number of benzene rings is 3. The lowest BCUT2D eigenvalue weighted by Gasteiger charge is -2.17. The van der Waals surface area contributed by atoms with Crippen LogP contribution < -0.4 is 9.47 Å². The number of ether oxygens (including phenoxy) is 2. The zero-order chi connectivity index (χ0) is 25.1. The predicted molar refractivity (Wildman–Crippen MR) is 127 cm³/mol. The van der Waals surface area contributed by atoms with Crippen molar-refractivity contribution in [2.75, 3.05) is 26.0 Å². The second-order valence-corrected chi connectivity index (χ2v) is 10.7. The van der Waals surface area contributed by atoms with Crippen molar-refractivity contribution in [3.05, 3.63) is 78.4 Å². The van der Waals surface area contributed by atoms with Crippen molar-refractivity contribution >= 4 is 9.84 Å². The highest BCUT2D eigenvalue weighted by atomic mass is 32.2. The van der Waals surface area contributed by atoms with E-state index in [1.54, 1.807) is 7.11 Å². The summed E-state index contributed by atoms with van der Waals surface area (Å²) in [5.41, 5.74) is 3.31. The van der Waals surface area contributed by atoms with E-state index in [2.05, 4.69) is 33.9 Å². The van der Waals surface area contributed by atoms with Gasteiger partial charge in [0.25, 0.3) is 0 Å². The van der Waals surface area contributed by atoms with Crippen molar-refractivity contribution in [3.8, 4) is 22.6 Å². The minimum Gasteiger partial charge on any atom is -0.497 e. The van der Waals surface area contributed by atoms with Gasteiger partial charge in [-0.25, -0.2) is 8.42 Å². The van der Waals surface area contributed by atoms with Crippen molar-refractivity contribution in [2.45, 2.75) is 24.2 Å². The predicted octanol–water partition coefficient (Wildman–Crippen LogP) is 5.56. The molecule has 1 fully saturated rings. The molecule has 0 bridgehead atoms. The molecular weight excluding hydrogens is 479 g/mol. The molecule has 5 nitrogen and oxygen atoms in total. The zero-order valence-corrected chi connectivity index (χ0v) is 20.0. The number of hydrogen-bond acceptors (Lipinski definition) is 5. The number of methoxy groups -OCH3 is 1. The van der Waals surface area contributed by atoms with E-state index in [9.17, 15) is 21.6 Å². The van der Waals surface area contributed by atoms with Crippen LogP contribution in [0.3, 0.4) is 0 Å². The average molecular weight is 506 g/mol. The van der Waals surface area contributed by atoms with Gasteiger partial charge in [0.15, 0.2) is 9.84 Å². The molecule has 0 aliphatic carbocycles. The first kappa shape index (κ1) is 25.1. The molecule has 9 heteroatoms. The Balaban J connectivity index is 1.34. The summed E-state index contributed by atoms with van der Waals surface area (Å²) in [5.74, 6) is 0.0591. The molecule has 1 heterocycles. The molecule has 3 aromatic rings.